The van der Waals surface area contributed by atoms with E-state index in [0.717, 1.165) is 51.1 Å². The summed E-state index contributed by atoms with van der Waals surface area (Å²) in [5.41, 5.74) is 0.695. The van der Waals surface area contributed by atoms with Crippen molar-refractivity contribution in [1.82, 2.24) is 9.80 Å². The van der Waals surface area contributed by atoms with Crippen LogP contribution in [0, 0.1) is 5.92 Å². The highest BCUT2D eigenvalue weighted by Crippen LogP contribution is 2.45. The largest absolute Gasteiger partial charge is 0.342 e. The smallest absolute Gasteiger partial charge is 0.254 e. The van der Waals surface area contributed by atoms with E-state index in [1.807, 2.05) is 21.6 Å². The summed E-state index contributed by atoms with van der Waals surface area (Å²) in [7, 11) is 0. The molecule has 3 aliphatic rings. The van der Waals surface area contributed by atoms with Gasteiger partial charge in [0.05, 0.1) is 4.87 Å². The van der Waals surface area contributed by atoms with Crippen LogP contribution in [0.4, 0.5) is 0 Å². The summed E-state index contributed by atoms with van der Waals surface area (Å²) in [5, 5.41) is 0.644. The van der Waals surface area contributed by atoms with Crippen LogP contribution in [0.2, 0.25) is 5.02 Å². The Morgan fingerprint density at radius 2 is 1.69 bits per heavy atom. The van der Waals surface area contributed by atoms with Crippen LogP contribution in [0.3, 0.4) is 0 Å². The fourth-order valence-electron chi connectivity index (χ4n) is 4.57. The number of benzene rings is 1. The molecule has 6 heteroatoms. The van der Waals surface area contributed by atoms with Gasteiger partial charge in [0.25, 0.3) is 5.91 Å². The lowest BCUT2D eigenvalue weighted by molar-refractivity contribution is -0.137. The number of carbonyl (C=O) groups is 2. The maximum atomic E-state index is 13.0. The Balaban J connectivity index is 1.44. The molecule has 0 N–H and O–H groups in total. The molecule has 4 nitrogen and oxygen atoms in total. The van der Waals surface area contributed by atoms with Gasteiger partial charge in [-0.15, -0.1) is 11.8 Å². The van der Waals surface area contributed by atoms with Crippen molar-refractivity contribution in [3.63, 3.8) is 0 Å². The molecule has 0 aromatic heterocycles. The van der Waals surface area contributed by atoms with Gasteiger partial charge in [0.2, 0.25) is 5.91 Å². The SMILES string of the molecule is O=C(C1CCCC1)N1CCC2(CC1)SCCN2C(=O)c1ccc(Cl)cc1. The monoisotopic (exact) mass is 392 g/mol. The molecule has 2 heterocycles. The topological polar surface area (TPSA) is 40.6 Å². The molecule has 3 fully saturated rings. The maximum Gasteiger partial charge on any atom is 0.254 e. The molecule has 0 radical (unpaired) electrons. The van der Waals surface area contributed by atoms with E-state index in [-0.39, 0.29) is 16.7 Å². The highest BCUT2D eigenvalue weighted by atomic mass is 35.5. The minimum atomic E-state index is -0.150. The standard InChI is InChI=1S/C20H25ClN2O2S/c21-17-7-5-16(6-8-17)19(25)23-13-14-26-20(23)9-11-22(12-10-20)18(24)15-3-1-2-4-15/h5-8,15H,1-4,9-14H2. The third-order valence-corrected chi connectivity index (χ3v) is 7.88. The molecule has 2 amide bonds. The molecule has 0 unspecified atom stereocenters. The van der Waals surface area contributed by atoms with Crippen LogP contribution in [0.25, 0.3) is 0 Å². The van der Waals surface area contributed by atoms with Gasteiger partial charge in [0.1, 0.15) is 0 Å². The predicted octanol–water partition coefficient (Wildman–Crippen LogP) is 4.04. The summed E-state index contributed by atoms with van der Waals surface area (Å²) < 4.78 is 0. The minimum absolute atomic E-state index is 0.0854. The molecule has 1 aromatic carbocycles. The Kier molecular flexibility index (Phi) is 5.20. The molecule has 1 aromatic rings. The lowest BCUT2D eigenvalue weighted by Crippen LogP contribution is -2.54. The molecular weight excluding hydrogens is 368 g/mol. The van der Waals surface area contributed by atoms with Gasteiger partial charge in [0.15, 0.2) is 0 Å². The van der Waals surface area contributed by atoms with E-state index < -0.39 is 0 Å². The van der Waals surface area contributed by atoms with Crippen LogP contribution < -0.4 is 0 Å². The number of carbonyl (C=O) groups excluding carboxylic acids is 2. The quantitative estimate of drug-likeness (QED) is 0.762. The summed E-state index contributed by atoms with van der Waals surface area (Å²) in [6, 6.07) is 7.15. The number of amides is 2. The van der Waals surface area contributed by atoms with Gasteiger partial charge in [-0.25, -0.2) is 0 Å². The Morgan fingerprint density at radius 3 is 2.35 bits per heavy atom. The van der Waals surface area contributed by atoms with Gasteiger partial charge < -0.3 is 9.80 Å². The Bertz CT molecular complexity index is 680. The first kappa shape index (κ1) is 18.2. The van der Waals surface area contributed by atoms with E-state index >= 15 is 0 Å². The van der Waals surface area contributed by atoms with Crippen molar-refractivity contribution in [3.05, 3.63) is 34.9 Å². The zero-order chi connectivity index (χ0) is 18.1. The van der Waals surface area contributed by atoms with Crippen LogP contribution in [-0.2, 0) is 4.79 Å². The number of hydrogen-bond donors (Lipinski definition) is 0. The van der Waals surface area contributed by atoms with Crippen LogP contribution in [0.5, 0.6) is 0 Å². The van der Waals surface area contributed by atoms with Crippen LogP contribution in [0.15, 0.2) is 24.3 Å². The van der Waals surface area contributed by atoms with E-state index in [0.29, 0.717) is 16.5 Å². The molecule has 1 aliphatic carbocycles. The van der Waals surface area contributed by atoms with Gasteiger partial charge in [-0.2, -0.15) is 0 Å². The molecule has 0 bridgehead atoms. The molecule has 0 atom stereocenters. The molecule has 4 rings (SSSR count). The van der Waals surface area contributed by atoms with Crippen LogP contribution in [-0.4, -0.2) is 51.9 Å². The van der Waals surface area contributed by atoms with Crippen LogP contribution in [0.1, 0.15) is 48.9 Å². The highest BCUT2D eigenvalue weighted by Gasteiger charge is 2.47. The maximum absolute atomic E-state index is 13.0. The van der Waals surface area contributed by atoms with Gasteiger partial charge in [-0.1, -0.05) is 24.4 Å². The number of rotatable bonds is 2. The van der Waals surface area contributed by atoms with Gasteiger partial charge in [-0.05, 0) is 49.9 Å². The lowest BCUT2D eigenvalue weighted by atomic mass is 9.98. The highest BCUT2D eigenvalue weighted by molar-refractivity contribution is 8.00. The normalized spacial score (nSPS) is 23.0. The van der Waals surface area contributed by atoms with Crippen molar-refractivity contribution in [1.29, 1.82) is 0 Å². The van der Waals surface area contributed by atoms with Crippen molar-refractivity contribution in [2.45, 2.75) is 43.4 Å². The Hall–Kier alpha value is -1.20. The first-order valence-corrected chi connectivity index (χ1v) is 11.0. The van der Waals surface area contributed by atoms with E-state index in [1.54, 1.807) is 24.3 Å². The molecule has 140 valence electrons. The first-order chi connectivity index (χ1) is 12.6. The second-order valence-electron chi connectivity index (χ2n) is 7.57. The molecule has 2 saturated heterocycles. The zero-order valence-electron chi connectivity index (χ0n) is 15.0. The predicted molar refractivity (Wildman–Crippen MR) is 105 cm³/mol. The zero-order valence-corrected chi connectivity index (χ0v) is 16.5. The third kappa shape index (κ3) is 3.36. The van der Waals surface area contributed by atoms with Crippen molar-refractivity contribution in [3.8, 4) is 0 Å². The van der Waals surface area contributed by atoms with Crippen molar-refractivity contribution in [2.75, 3.05) is 25.4 Å². The molecule has 26 heavy (non-hydrogen) atoms. The Labute approximate surface area is 164 Å². The second-order valence-corrected chi connectivity index (χ2v) is 9.46. The van der Waals surface area contributed by atoms with Crippen LogP contribution >= 0.6 is 23.4 Å². The van der Waals surface area contributed by atoms with E-state index in [2.05, 4.69) is 0 Å². The summed E-state index contributed by atoms with van der Waals surface area (Å²) in [6.07, 6.45) is 6.22. The fourth-order valence-corrected chi connectivity index (χ4v) is 6.15. The number of piperidine rings is 1. The fraction of sp³-hybridized carbons (Fsp3) is 0.600. The molecule has 1 spiro atoms. The van der Waals surface area contributed by atoms with E-state index in [4.69, 9.17) is 11.6 Å². The second kappa shape index (κ2) is 7.43. The van der Waals surface area contributed by atoms with Crippen molar-refractivity contribution < 1.29 is 9.59 Å². The van der Waals surface area contributed by atoms with Gasteiger partial charge in [-0.3, -0.25) is 9.59 Å². The van der Waals surface area contributed by atoms with E-state index in [9.17, 15) is 9.59 Å². The van der Waals surface area contributed by atoms with Gasteiger partial charge >= 0.3 is 0 Å². The van der Waals surface area contributed by atoms with Crippen molar-refractivity contribution >= 4 is 35.2 Å². The number of hydrogen-bond acceptors (Lipinski definition) is 3. The summed E-state index contributed by atoms with van der Waals surface area (Å²) in [6.45, 7) is 2.32. The third-order valence-electron chi connectivity index (χ3n) is 6.07. The molecular formula is C20H25ClN2O2S. The first-order valence-electron chi connectivity index (χ1n) is 9.59. The molecule has 1 saturated carbocycles. The van der Waals surface area contributed by atoms with E-state index in [1.165, 1.54) is 12.8 Å². The number of halogens is 1. The van der Waals surface area contributed by atoms with Gasteiger partial charge in [0, 0.05) is 41.9 Å². The molecule has 2 aliphatic heterocycles. The lowest BCUT2D eigenvalue weighted by Gasteiger charge is -2.44. The average Bonchev–Trinajstić information content (AvgIpc) is 3.32. The minimum Gasteiger partial charge on any atom is -0.342 e. The summed E-state index contributed by atoms with van der Waals surface area (Å²) >= 11 is 7.84. The average molecular weight is 393 g/mol. The summed E-state index contributed by atoms with van der Waals surface area (Å²) in [5.74, 6) is 1.64. The summed E-state index contributed by atoms with van der Waals surface area (Å²) in [4.78, 5) is 29.7. The Morgan fingerprint density at radius 1 is 1.04 bits per heavy atom. The number of nitrogens with zero attached hydrogens (tertiary/aromatic N) is 2. The van der Waals surface area contributed by atoms with Crippen molar-refractivity contribution in [2.24, 2.45) is 5.92 Å². The number of thioether (sulfide) groups is 1. The number of likely N-dealkylation sites (tertiary alicyclic amines) is 1.